The van der Waals surface area contributed by atoms with Gasteiger partial charge in [0.15, 0.2) is 0 Å². The Kier molecular flexibility index (Phi) is 6.04. The molecule has 0 aliphatic heterocycles. The Balaban J connectivity index is 1.66. The van der Waals surface area contributed by atoms with Gasteiger partial charge in [-0.15, -0.1) is 0 Å². The van der Waals surface area contributed by atoms with Crippen LogP contribution in [0.5, 0.6) is 5.75 Å². The summed E-state index contributed by atoms with van der Waals surface area (Å²) in [5, 5.41) is 4.23. The normalized spacial score (nSPS) is 22.1. The van der Waals surface area contributed by atoms with Gasteiger partial charge in [-0.3, -0.25) is 0 Å². The summed E-state index contributed by atoms with van der Waals surface area (Å²) in [6.07, 6.45) is 3.03. The van der Waals surface area contributed by atoms with Gasteiger partial charge in [-0.25, -0.2) is 26.6 Å². The molecular formula is C19H25F2N3O3S. The molecule has 154 valence electrons. The maximum absolute atomic E-state index is 13.9. The first-order valence-electron chi connectivity index (χ1n) is 9.30. The molecule has 1 aromatic carbocycles. The van der Waals surface area contributed by atoms with Gasteiger partial charge in [-0.1, -0.05) is 0 Å². The summed E-state index contributed by atoms with van der Waals surface area (Å²) in [6, 6.07) is 6.61. The number of nitrogens with one attached hydrogen (secondary N) is 1. The summed E-state index contributed by atoms with van der Waals surface area (Å²) in [5.41, 5.74) is 1.90. The number of aromatic nitrogens is 2. The summed E-state index contributed by atoms with van der Waals surface area (Å²) in [6.45, 7) is 3.49. The molecule has 1 heterocycles. The molecule has 0 radical (unpaired) electrons. The number of alkyl halides is 2. The molecule has 1 aromatic heterocycles. The lowest BCUT2D eigenvalue weighted by Gasteiger charge is -2.36. The first-order valence-corrected chi connectivity index (χ1v) is 10.9. The monoisotopic (exact) mass is 413 g/mol. The summed E-state index contributed by atoms with van der Waals surface area (Å²) < 4.78 is 61.5. The molecule has 0 bridgehead atoms. The summed E-state index contributed by atoms with van der Waals surface area (Å²) in [4.78, 5) is 0. The van der Waals surface area contributed by atoms with Crippen molar-refractivity contribution in [2.75, 3.05) is 12.4 Å². The van der Waals surface area contributed by atoms with E-state index in [1.807, 2.05) is 25.3 Å². The number of sulfonamides is 1. The topological polar surface area (TPSA) is 73.2 Å². The van der Waals surface area contributed by atoms with Crippen molar-refractivity contribution < 1.29 is 21.9 Å². The van der Waals surface area contributed by atoms with E-state index in [4.69, 9.17) is 4.74 Å². The summed E-state index contributed by atoms with van der Waals surface area (Å²) in [5.74, 6) is -2.94. The van der Waals surface area contributed by atoms with Crippen LogP contribution in [0.3, 0.4) is 0 Å². The lowest BCUT2D eigenvalue weighted by Crippen LogP contribution is -2.48. The van der Waals surface area contributed by atoms with Gasteiger partial charge in [0, 0.05) is 31.0 Å². The highest BCUT2D eigenvalue weighted by Gasteiger charge is 2.42. The Morgan fingerprint density at radius 3 is 2.64 bits per heavy atom. The molecule has 1 aliphatic carbocycles. The Morgan fingerprint density at radius 2 is 2.04 bits per heavy atom. The van der Waals surface area contributed by atoms with Crippen molar-refractivity contribution in [3.8, 4) is 11.4 Å². The fourth-order valence-electron chi connectivity index (χ4n) is 3.33. The number of hydrogen-bond acceptors (Lipinski definition) is 4. The molecule has 3 rings (SSSR count). The van der Waals surface area contributed by atoms with E-state index in [0.717, 1.165) is 11.3 Å². The molecule has 6 nitrogen and oxygen atoms in total. The zero-order chi connectivity index (χ0) is 20.4. The molecule has 0 spiro atoms. The van der Waals surface area contributed by atoms with Crippen molar-refractivity contribution in [2.45, 2.75) is 45.1 Å². The standard InChI is InChI=1S/C19H25F2N3O3S/c1-3-28(25,26)23-18-8-9-19(20,21)10-15(18)13-27-17-6-4-16(5-7-17)24-12-14(2)11-22-24/h4-7,11-12,15,18,23H,3,8-10,13H2,1-2H3. The van der Waals surface area contributed by atoms with Crippen molar-refractivity contribution in [2.24, 2.45) is 5.92 Å². The van der Waals surface area contributed by atoms with Gasteiger partial charge in [-0.05, 0) is 50.1 Å². The largest absolute Gasteiger partial charge is 0.493 e. The number of aryl methyl sites for hydroxylation is 1. The zero-order valence-corrected chi connectivity index (χ0v) is 16.8. The molecule has 0 amide bonds. The molecular weight excluding hydrogens is 388 g/mol. The van der Waals surface area contributed by atoms with Crippen LogP contribution in [-0.2, 0) is 10.0 Å². The fourth-order valence-corrected chi connectivity index (χ4v) is 4.27. The van der Waals surface area contributed by atoms with E-state index >= 15 is 0 Å². The van der Waals surface area contributed by atoms with E-state index in [0.29, 0.717) is 5.75 Å². The molecule has 1 aliphatic rings. The van der Waals surface area contributed by atoms with Crippen LogP contribution in [0.1, 0.15) is 31.7 Å². The number of hydrogen-bond donors (Lipinski definition) is 1. The van der Waals surface area contributed by atoms with Gasteiger partial charge in [0.25, 0.3) is 0 Å². The Morgan fingerprint density at radius 1 is 1.32 bits per heavy atom. The van der Waals surface area contributed by atoms with Gasteiger partial charge in [0.2, 0.25) is 15.9 Å². The van der Waals surface area contributed by atoms with Gasteiger partial charge in [-0.2, -0.15) is 5.10 Å². The average Bonchev–Trinajstić information content (AvgIpc) is 3.08. The fraction of sp³-hybridized carbons (Fsp3) is 0.526. The summed E-state index contributed by atoms with van der Waals surface area (Å²) >= 11 is 0. The number of rotatable bonds is 7. The van der Waals surface area contributed by atoms with Crippen molar-refractivity contribution in [1.29, 1.82) is 0 Å². The molecule has 2 unspecified atom stereocenters. The van der Waals surface area contributed by atoms with Crippen LogP contribution in [0.4, 0.5) is 8.78 Å². The smallest absolute Gasteiger partial charge is 0.248 e. The van der Waals surface area contributed by atoms with Crippen molar-refractivity contribution >= 4 is 10.0 Å². The minimum Gasteiger partial charge on any atom is -0.493 e. The summed E-state index contributed by atoms with van der Waals surface area (Å²) in [7, 11) is -3.47. The molecule has 1 N–H and O–H groups in total. The third kappa shape index (κ3) is 5.29. The van der Waals surface area contributed by atoms with E-state index in [1.165, 1.54) is 6.92 Å². The van der Waals surface area contributed by atoms with Crippen molar-refractivity contribution in [3.05, 3.63) is 42.2 Å². The third-order valence-corrected chi connectivity index (χ3v) is 6.36. The lowest BCUT2D eigenvalue weighted by molar-refractivity contribution is -0.0660. The van der Waals surface area contributed by atoms with E-state index in [9.17, 15) is 17.2 Å². The van der Waals surface area contributed by atoms with Crippen LogP contribution in [0.2, 0.25) is 0 Å². The zero-order valence-electron chi connectivity index (χ0n) is 15.9. The lowest BCUT2D eigenvalue weighted by atomic mass is 9.83. The van der Waals surface area contributed by atoms with Crippen LogP contribution in [0, 0.1) is 12.8 Å². The molecule has 2 aromatic rings. The third-order valence-electron chi connectivity index (χ3n) is 4.94. The number of nitrogens with zero attached hydrogens (tertiary/aromatic N) is 2. The van der Waals surface area contributed by atoms with Gasteiger partial charge >= 0.3 is 0 Å². The van der Waals surface area contributed by atoms with Crippen LogP contribution < -0.4 is 9.46 Å². The quantitative estimate of drug-likeness (QED) is 0.756. The number of halogens is 2. The molecule has 1 fully saturated rings. The predicted octanol–water partition coefficient (Wildman–Crippen LogP) is 3.30. The van der Waals surface area contributed by atoms with Crippen LogP contribution >= 0.6 is 0 Å². The molecule has 1 saturated carbocycles. The highest BCUT2D eigenvalue weighted by molar-refractivity contribution is 7.89. The highest BCUT2D eigenvalue weighted by atomic mass is 32.2. The second-order valence-corrected chi connectivity index (χ2v) is 9.30. The minimum absolute atomic E-state index is 0.0206. The maximum Gasteiger partial charge on any atom is 0.248 e. The molecule has 28 heavy (non-hydrogen) atoms. The Hall–Kier alpha value is -2.00. The Labute approximate surface area is 163 Å². The average molecular weight is 413 g/mol. The SMILES string of the molecule is CCS(=O)(=O)NC1CCC(F)(F)CC1COc1ccc(-n2cc(C)cn2)cc1. The van der Waals surface area contributed by atoms with Crippen molar-refractivity contribution in [3.63, 3.8) is 0 Å². The maximum atomic E-state index is 13.9. The van der Waals surface area contributed by atoms with E-state index < -0.39 is 34.3 Å². The first kappa shape index (κ1) is 20.7. The molecule has 0 saturated heterocycles. The van der Waals surface area contributed by atoms with E-state index in [-0.39, 0.29) is 25.2 Å². The van der Waals surface area contributed by atoms with E-state index in [2.05, 4.69) is 9.82 Å². The van der Waals surface area contributed by atoms with Gasteiger partial charge in [0.1, 0.15) is 5.75 Å². The molecule has 9 heteroatoms. The van der Waals surface area contributed by atoms with Crippen LogP contribution in [-0.4, -0.2) is 42.5 Å². The number of benzene rings is 1. The highest BCUT2D eigenvalue weighted by Crippen LogP contribution is 2.37. The predicted molar refractivity (Wildman–Crippen MR) is 102 cm³/mol. The van der Waals surface area contributed by atoms with Gasteiger partial charge in [0.05, 0.1) is 24.2 Å². The van der Waals surface area contributed by atoms with Gasteiger partial charge < -0.3 is 4.74 Å². The number of ether oxygens (including phenoxy) is 1. The van der Waals surface area contributed by atoms with E-state index in [1.54, 1.807) is 23.0 Å². The van der Waals surface area contributed by atoms with Crippen molar-refractivity contribution in [1.82, 2.24) is 14.5 Å². The second kappa shape index (κ2) is 8.16. The van der Waals surface area contributed by atoms with Crippen LogP contribution in [0.15, 0.2) is 36.7 Å². The first-order chi connectivity index (χ1) is 13.2. The molecule has 2 atom stereocenters. The second-order valence-electron chi connectivity index (χ2n) is 7.25. The minimum atomic E-state index is -3.47. The Bertz CT molecular complexity index is 897. The van der Waals surface area contributed by atoms with Crippen LogP contribution in [0.25, 0.3) is 5.69 Å².